The molecule has 0 heterocycles. The first-order chi connectivity index (χ1) is 9.58. The lowest BCUT2D eigenvalue weighted by Gasteiger charge is -2.21. The van der Waals surface area contributed by atoms with Crippen LogP contribution in [0.3, 0.4) is 0 Å². The molecule has 0 fully saturated rings. The third kappa shape index (κ3) is 3.70. The Balaban J connectivity index is 2.20. The molecule has 2 aromatic carbocycles. The number of carboxylic acid groups (broad SMARTS) is 1. The van der Waals surface area contributed by atoms with E-state index in [1.54, 1.807) is 0 Å². The van der Waals surface area contributed by atoms with Crippen LogP contribution in [0.5, 0.6) is 0 Å². The molecule has 2 nitrogen and oxygen atoms in total. The van der Waals surface area contributed by atoms with Crippen LogP contribution in [0, 0.1) is 5.92 Å². The van der Waals surface area contributed by atoms with Crippen LogP contribution in [0.1, 0.15) is 24.0 Å². The molecule has 1 N–H and O–H groups in total. The van der Waals surface area contributed by atoms with Crippen LogP contribution in [0.2, 0.25) is 0 Å². The van der Waals surface area contributed by atoms with Crippen LogP contribution in [-0.4, -0.2) is 11.1 Å². The second kappa shape index (κ2) is 6.71. The molecular weight excluding hydrogens is 316 g/mol. The number of benzene rings is 2. The molecule has 2 atom stereocenters. The molecule has 2 unspecified atom stereocenters. The van der Waals surface area contributed by atoms with Gasteiger partial charge in [-0.05, 0) is 35.6 Å². The van der Waals surface area contributed by atoms with Crippen molar-refractivity contribution in [3.05, 3.63) is 70.2 Å². The molecule has 104 valence electrons. The number of hydrogen-bond donors (Lipinski definition) is 1. The third-order valence-electron chi connectivity index (χ3n) is 3.61. The van der Waals surface area contributed by atoms with E-state index in [9.17, 15) is 9.90 Å². The Hall–Kier alpha value is -1.61. The summed E-state index contributed by atoms with van der Waals surface area (Å²) in [6.45, 7) is 1.98. The largest absolute Gasteiger partial charge is 0.481 e. The highest BCUT2D eigenvalue weighted by Crippen LogP contribution is 2.28. The maximum atomic E-state index is 11.6. The van der Waals surface area contributed by atoms with Gasteiger partial charge in [0.15, 0.2) is 0 Å². The standard InChI is InChI=1S/C17H17BrO2/c1-12(14-7-9-15(18)10-8-14)16(17(19)20)11-13-5-3-2-4-6-13/h2-10,12,16H,11H2,1H3,(H,19,20). The highest BCUT2D eigenvalue weighted by Gasteiger charge is 2.26. The fourth-order valence-electron chi connectivity index (χ4n) is 2.34. The Morgan fingerprint density at radius 3 is 2.25 bits per heavy atom. The number of halogens is 1. The molecule has 20 heavy (non-hydrogen) atoms. The molecule has 0 bridgehead atoms. The van der Waals surface area contributed by atoms with E-state index < -0.39 is 11.9 Å². The summed E-state index contributed by atoms with van der Waals surface area (Å²) in [5.74, 6) is -1.19. The SMILES string of the molecule is CC(c1ccc(Br)cc1)C(Cc1ccccc1)C(=O)O. The van der Waals surface area contributed by atoms with Gasteiger partial charge in [0.2, 0.25) is 0 Å². The van der Waals surface area contributed by atoms with Crippen molar-refractivity contribution in [2.45, 2.75) is 19.3 Å². The number of hydrogen-bond acceptors (Lipinski definition) is 1. The van der Waals surface area contributed by atoms with Crippen LogP contribution in [-0.2, 0) is 11.2 Å². The topological polar surface area (TPSA) is 37.3 Å². The fourth-order valence-corrected chi connectivity index (χ4v) is 2.61. The second-order valence-electron chi connectivity index (χ2n) is 4.97. The van der Waals surface area contributed by atoms with E-state index in [0.29, 0.717) is 6.42 Å². The van der Waals surface area contributed by atoms with Gasteiger partial charge in [-0.15, -0.1) is 0 Å². The van der Waals surface area contributed by atoms with Crippen LogP contribution in [0.15, 0.2) is 59.1 Å². The summed E-state index contributed by atoms with van der Waals surface area (Å²) in [4.78, 5) is 11.6. The molecule has 0 saturated carbocycles. The minimum absolute atomic E-state index is 0.0270. The van der Waals surface area contributed by atoms with Gasteiger partial charge < -0.3 is 5.11 Å². The summed E-state index contributed by atoms with van der Waals surface area (Å²) < 4.78 is 1.00. The van der Waals surface area contributed by atoms with Crippen molar-refractivity contribution in [1.82, 2.24) is 0 Å². The quantitative estimate of drug-likeness (QED) is 0.875. The predicted octanol–water partition coefficient (Wildman–Crippen LogP) is 4.50. The van der Waals surface area contributed by atoms with Crippen molar-refractivity contribution in [1.29, 1.82) is 0 Å². The lowest BCUT2D eigenvalue weighted by molar-refractivity contribution is -0.142. The summed E-state index contributed by atoms with van der Waals surface area (Å²) in [6.07, 6.45) is 0.549. The van der Waals surface area contributed by atoms with Crippen molar-refractivity contribution in [2.75, 3.05) is 0 Å². The maximum Gasteiger partial charge on any atom is 0.307 e. The summed E-state index contributed by atoms with van der Waals surface area (Å²) in [5.41, 5.74) is 2.11. The van der Waals surface area contributed by atoms with Crippen LogP contribution < -0.4 is 0 Å². The zero-order valence-corrected chi connectivity index (χ0v) is 12.9. The van der Waals surface area contributed by atoms with E-state index in [1.807, 2.05) is 61.5 Å². The van der Waals surface area contributed by atoms with E-state index in [0.717, 1.165) is 15.6 Å². The van der Waals surface area contributed by atoms with Gasteiger partial charge in [-0.1, -0.05) is 65.3 Å². The molecule has 0 radical (unpaired) electrons. The molecule has 3 heteroatoms. The van der Waals surface area contributed by atoms with Gasteiger partial charge in [-0.3, -0.25) is 4.79 Å². The fraction of sp³-hybridized carbons (Fsp3) is 0.235. The van der Waals surface area contributed by atoms with Gasteiger partial charge in [0, 0.05) is 4.47 Å². The Morgan fingerprint density at radius 2 is 1.70 bits per heavy atom. The second-order valence-corrected chi connectivity index (χ2v) is 5.89. The van der Waals surface area contributed by atoms with Crippen molar-refractivity contribution in [3.63, 3.8) is 0 Å². The maximum absolute atomic E-state index is 11.6. The van der Waals surface area contributed by atoms with Crippen LogP contribution >= 0.6 is 15.9 Å². The lowest BCUT2D eigenvalue weighted by atomic mass is 9.83. The minimum Gasteiger partial charge on any atom is -0.481 e. The number of carboxylic acids is 1. The van der Waals surface area contributed by atoms with Gasteiger partial charge >= 0.3 is 5.97 Å². The molecule has 0 amide bonds. The van der Waals surface area contributed by atoms with Gasteiger partial charge in [0.1, 0.15) is 0 Å². The van der Waals surface area contributed by atoms with Crippen molar-refractivity contribution in [3.8, 4) is 0 Å². The first-order valence-electron chi connectivity index (χ1n) is 6.60. The van der Waals surface area contributed by atoms with E-state index in [2.05, 4.69) is 15.9 Å². The van der Waals surface area contributed by atoms with Gasteiger partial charge in [0.25, 0.3) is 0 Å². The molecular formula is C17H17BrO2. The number of aliphatic carboxylic acids is 1. The molecule has 2 aromatic rings. The average molecular weight is 333 g/mol. The average Bonchev–Trinajstić information content (AvgIpc) is 2.45. The highest BCUT2D eigenvalue weighted by atomic mass is 79.9. The van der Waals surface area contributed by atoms with Crippen LogP contribution in [0.25, 0.3) is 0 Å². The molecule has 0 aliphatic rings. The normalized spacial score (nSPS) is 13.7. The van der Waals surface area contributed by atoms with Gasteiger partial charge in [-0.25, -0.2) is 0 Å². The minimum atomic E-state index is -0.746. The molecule has 0 aliphatic heterocycles. The van der Waals surface area contributed by atoms with E-state index >= 15 is 0 Å². The smallest absolute Gasteiger partial charge is 0.307 e. The lowest BCUT2D eigenvalue weighted by Crippen LogP contribution is -2.22. The van der Waals surface area contributed by atoms with Gasteiger partial charge in [-0.2, -0.15) is 0 Å². The van der Waals surface area contributed by atoms with Crippen LogP contribution in [0.4, 0.5) is 0 Å². The Morgan fingerprint density at radius 1 is 1.10 bits per heavy atom. The zero-order chi connectivity index (χ0) is 14.5. The Labute approximate surface area is 127 Å². The van der Waals surface area contributed by atoms with Crippen molar-refractivity contribution in [2.24, 2.45) is 5.92 Å². The third-order valence-corrected chi connectivity index (χ3v) is 4.14. The first kappa shape index (κ1) is 14.8. The summed E-state index contributed by atoms with van der Waals surface area (Å²) in [5, 5.41) is 9.51. The molecule has 0 saturated heterocycles. The Bertz CT molecular complexity index is 563. The summed E-state index contributed by atoms with van der Waals surface area (Å²) >= 11 is 3.40. The van der Waals surface area contributed by atoms with Crippen molar-refractivity contribution >= 4 is 21.9 Å². The predicted molar refractivity (Wildman–Crippen MR) is 83.8 cm³/mol. The highest BCUT2D eigenvalue weighted by molar-refractivity contribution is 9.10. The number of carbonyl (C=O) groups is 1. The van der Waals surface area contributed by atoms with E-state index in [-0.39, 0.29) is 5.92 Å². The number of rotatable bonds is 5. The molecule has 0 spiro atoms. The van der Waals surface area contributed by atoms with Gasteiger partial charge in [0.05, 0.1) is 5.92 Å². The van der Waals surface area contributed by atoms with E-state index in [1.165, 1.54) is 0 Å². The first-order valence-corrected chi connectivity index (χ1v) is 7.39. The molecule has 0 aliphatic carbocycles. The molecule has 2 rings (SSSR count). The summed E-state index contributed by atoms with van der Waals surface area (Å²) in [6, 6.07) is 17.6. The Kier molecular flexibility index (Phi) is 4.96. The van der Waals surface area contributed by atoms with E-state index in [4.69, 9.17) is 0 Å². The zero-order valence-electron chi connectivity index (χ0n) is 11.3. The molecule has 0 aromatic heterocycles. The van der Waals surface area contributed by atoms with Crippen molar-refractivity contribution < 1.29 is 9.90 Å². The summed E-state index contributed by atoms with van der Waals surface area (Å²) in [7, 11) is 0. The monoisotopic (exact) mass is 332 g/mol.